The Morgan fingerprint density at radius 1 is 0.964 bits per heavy atom. The standard InChI is InChI=1S/C23H19N3O2/c1-16-7-3-4-8-19(16)22-25-21-10-6-5-9-20(21)23(27)26(22)24-15-17-11-13-18(28-2)14-12-17/h3-15H,1-2H3. The summed E-state index contributed by atoms with van der Waals surface area (Å²) >= 11 is 0. The van der Waals surface area contributed by atoms with Crippen LogP contribution in [0.1, 0.15) is 11.1 Å². The molecule has 0 bridgehead atoms. The van der Waals surface area contributed by atoms with Crippen molar-refractivity contribution in [2.45, 2.75) is 6.92 Å². The van der Waals surface area contributed by atoms with Crippen LogP contribution in [0.25, 0.3) is 22.3 Å². The van der Waals surface area contributed by atoms with Crippen LogP contribution in [-0.4, -0.2) is 23.0 Å². The maximum Gasteiger partial charge on any atom is 0.282 e. The van der Waals surface area contributed by atoms with Crippen molar-refractivity contribution in [3.63, 3.8) is 0 Å². The van der Waals surface area contributed by atoms with Crippen LogP contribution >= 0.6 is 0 Å². The Labute approximate surface area is 162 Å². The predicted molar refractivity (Wildman–Crippen MR) is 112 cm³/mol. The molecule has 5 nitrogen and oxygen atoms in total. The van der Waals surface area contributed by atoms with E-state index in [0.29, 0.717) is 16.7 Å². The molecule has 4 aromatic rings. The van der Waals surface area contributed by atoms with E-state index in [9.17, 15) is 4.79 Å². The van der Waals surface area contributed by atoms with Gasteiger partial charge in [-0.2, -0.15) is 9.78 Å². The van der Waals surface area contributed by atoms with Crippen molar-refractivity contribution >= 4 is 17.1 Å². The molecule has 0 spiro atoms. The van der Waals surface area contributed by atoms with Crippen molar-refractivity contribution in [3.05, 3.63) is 94.3 Å². The first kappa shape index (κ1) is 17.7. The Hall–Kier alpha value is -3.73. The summed E-state index contributed by atoms with van der Waals surface area (Å²) in [5, 5.41) is 5.01. The molecule has 0 saturated carbocycles. The number of aromatic nitrogens is 2. The maximum absolute atomic E-state index is 13.1. The molecule has 1 aromatic heterocycles. The fourth-order valence-corrected chi connectivity index (χ4v) is 3.04. The lowest BCUT2D eigenvalue weighted by Gasteiger charge is -2.11. The SMILES string of the molecule is COc1ccc(C=Nn2c(-c3ccccc3C)nc3ccccc3c2=O)cc1. The number of methoxy groups -OCH3 is 1. The van der Waals surface area contributed by atoms with Crippen LogP contribution in [-0.2, 0) is 0 Å². The van der Waals surface area contributed by atoms with Crippen LogP contribution in [0.5, 0.6) is 5.75 Å². The van der Waals surface area contributed by atoms with Crippen LogP contribution in [0.3, 0.4) is 0 Å². The summed E-state index contributed by atoms with van der Waals surface area (Å²) in [6.07, 6.45) is 1.65. The van der Waals surface area contributed by atoms with Gasteiger partial charge in [-0.1, -0.05) is 36.4 Å². The quantitative estimate of drug-likeness (QED) is 0.505. The van der Waals surface area contributed by atoms with Crippen molar-refractivity contribution in [3.8, 4) is 17.1 Å². The molecule has 1 heterocycles. The molecule has 0 aliphatic carbocycles. The Balaban J connectivity index is 1.91. The summed E-state index contributed by atoms with van der Waals surface area (Å²) in [5.74, 6) is 1.29. The summed E-state index contributed by atoms with van der Waals surface area (Å²) in [5.41, 5.74) is 3.21. The molecule has 0 radical (unpaired) electrons. The molecule has 28 heavy (non-hydrogen) atoms. The van der Waals surface area contributed by atoms with Gasteiger partial charge in [0.2, 0.25) is 0 Å². The van der Waals surface area contributed by atoms with Gasteiger partial charge in [-0.05, 0) is 54.4 Å². The summed E-state index contributed by atoms with van der Waals surface area (Å²) in [4.78, 5) is 17.9. The third-order valence-electron chi connectivity index (χ3n) is 4.58. The van der Waals surface area contributed by atoms with Gasteiger partial charge in [0.15, 0.2) is 5.82 Å². The van der Waals surface area contributed by atoms with Crippen molar-refractivity contribution in [2.75, 3.05) is 7.11 Å². The largest absolute Gasteiger partial charge is 0.497 e. The molecular formula is C23H19N3O2. The van der Waals surface area contributed by atoms with E-state index in [1.165, 1.54) is 4.68 Å². The van der Waals surface area contributed by atoms with Crippen molar-refractivity contribution in [1.29, 1.82) is 0 Å². The van der Waals surface area contributed by atoms with Crippen LogP contribution < -0.4 is 10.3 Å². The van der Waals surface area contributed by atoms with Gasteiger partial charge in [0, 0.05) is 5.56 Å². The van der Waals surface area contributed by atoms with Crippen LogP contribution in [0.2, 0.25) is 0 Å². The number of aryl methyl sites for hydroxylation is 1. The number of benzene rings is 3. The highest BCUT2D eigenvalue weighted by molar-refractivity contribution is 5.82. The molecule has 0 amide bonds. The minimum atomic E-state index is -0.200. The second kappa shape index (κ2) is 7.48. The number of hydrogen-bond donors (Lipinski definition) is 0. The predicted octanol–water partition coefficient (Wildman–Crippen LogP) is 4.26. The topological polar surface area (TPSA) is 56.5 Å². The monoisotopic (exact) mass is 369 g/mol. The molecule has 0 atom stereocenters. The number of fused-ring (bicyclic) bond motifs is 1. The van der Waals surface area contributed by atoms with Crippen molar-refractivity contribution in [2.24, 2.45) is 5.10 Å². The molecule has 0 aliphatic heterocycles. The molecule has 138 valence electrons. The third kappa shape index (κ3) is 3.30. The average Bonchev–Trinajstić information content (AvgIpc) is 2.74. The number of nitrogens with zero attached hydrogens (tertiary/aromatic N) is 3. The van der Waals surface area contributed by atoms with Gasteiger partial charge in [-0.3, -0.25) is 4.79 Å². The molecule has 0 fully saturated rings. The van der Waals surface area contributed by atoms with E-state index in [1.807, 2.05) is 73.7 Å². The zero-order valence-electron chi connectivity index (χ0n) is 15.7. The summed E-state index contributed by atoms with van der Waals surface area (Å²) in [6, 6.07) is 22.6. The Morgan fingerprint density at radius 2 is 1.68 bits per heavy atom. The number of para-hydroxylation sites is 1. The van der Waals surface area contributed by atoms with Gasteiger partial charge in [-0.15, -0.1) is 0 Å². The highest BCUT2D eigenvalue weighted by Crippen LogP contribution is 2.22. The number of hydrogen-bond acceptors (Lipinski definition) is 4. The first-order valence-corrected chi connectivity index (χ1v) is 8.93. The highest BCUT2D eigenvalue weighted by atomic mass is 16.5. The van der Waals surface area contributed by atoms with E-state index in [2.05, 4.69) is 5.10 Å². The fourth-order valence-electron chi connectivity index (χ4n) is 3.04. The Bertz CT molecular complexity index is 1220. The molecule has 3 aromatic carbocycles. The molecule has 0 unspecified atom stereocenters. The average molecular weight is 369 g/mol. The molecule has 5 heteroatoms. The lowest BCUT2D eigenvalue weighted by atomic mass is 10.1. The summed E-state index contributed by atoms with van der Waals surface area (Å²) in [7, 11) is 1.62. The van der Waals surface area contributed by atoms with Crippen molar-refractivity contribution < 1.29 is 4.74 Å². The lowest BCUT2D eigenvalue weighted by Crippen LogP contribution is -2.20. The first-order valence-electron chi connectivity index (χ1n) is 8.93. The van der Waals surface area contributed by atoms with E-state index in [4.69, 9.17) is 9.72 Å². The van der Waals surface area contributed by atoms with Gasteiger partial charge in [0.05, 0.1) is 24.2 Å². The lowest BCUT2D eigenvalue weighted by molar-refractivity contribution is 0.415. The molecule has 4 rings (SSSR count). The highest BCUT2D eigenvalue weighted by Gasteiger charge is 2.13. The molecule has 0 N–H and O–H groups in total. The second-order valence-electron chi connectivity index (χ2n) is 6.40. The van der Waals surface area contributed by atoms with Crippen LogP contribution in [0, 0.1) is 6.92 Å². The van der Waals surface area contributed by atoms with E-state index >= 15 is 0 Å². The van der Waals surface area contributed by atoms with Gasteiger partial charge in [-0.25, -0.2) is 4.98 Å². The smallest absolute Gasteiger partial charge is 0.282 e. The molecule has 0 aliphatic rings. The van der Waals surface area contributed by atoms with E-state index < -0.39 is 0 Å². The maximum atomic E-state index is 13.1. The van der Waals surface area contributed by atoms with Crippen molar-refractivity contribution in [1.82, 2.24) is 9.66 Å². The normalized spacial score (nSPS) is 11.2. The Morgan fingerprint density at radius 3 is 2.43 bits per heavy atom. The van der Waals surface area contributed by atoms with E-state index in [-0.39, 0.29) is 5.56 Å². The zero-order chi connectivity index (χ0) is 19.5. The van der Waals surface area contributed by atoms with E-state index in [1.54, 1.807) is 19.4 Å². The zero-order valence-corrected chi connectivity index (χ0v) is 15.7. The number of rotatable bonds is 4. The minimum absolute atomic E-state index is 0.200. The molecule has 0 saturated heterocycles. The van der Waals surface area contributed by atoms with Crippen LogP contribution in [0.4, 0.5) is 0 Å². The molecular weight excluding hydrogens is 350 g/mol. The summed E-state index contributed by atoms with van der Waals surface area (Å²) in [6.45, 7) is 1.99. The number of ether oxygens (including phenoxy) is 1. The van der Waals surface area contributed by atoms with Gasteiger partial charge < -0.3 is 4.74 Å². The summed E-state index contributed by atoms with van der Waals surface area (Å²) < 4.78 is 6.55. The Kier molecular flexibility index (Phi) is 4.72. The van der Waals surface area contributed by atoms with Gasteiger partial charge in [0.25, 0.3) is 5.56 Å². The van der Waals surface area contributed by atoms with Gasteiger partial charge >= 0.3 is 0 Å². The minimum Gasteiger partial charge on any atom is -0.497 e. The van der Waals surface area contributed by atoms with E-state index in [0.717, 1.165) is 22.4 Å². The van der Waals surface area contributed by atoms with Crippen LogP contribution in [0.15, 0.2) is 82.7 Å². The third-order valence-corrected chi connectivity index (χ3v) is 4.58. The second-order valence-corrected chi connectivity index (χ2v) is 6.40. The van der Waals surface area contributed by atoms with Gasteiger partial charge in [0.1, 0.15) is 5.75 Å². The fraction of sp³-hybridized carbons (Fsp3) is 0.0870. The first-order chi connectivity index (χ1) is 13.7.